The summed E-state index contributed by atoms with van der Waals surface area (Å²) in [6, 6.07) is 7.99. The number of rotatable bonds is 2. The Hall–Kier alpha value is -1.09. The normalized spacial score (nSPS) is 21.1. The summed E-state index contributed by atoms with van der Waals surface area (Å²) in [5, 5.41) is 8.84. The van der Waals surface area contributed by atoms with Crippen LogP contribution < -0.4 is 5.73 Å². The first kappa shape index (κ1) is 12.4. The van der Waals surface area contributed by atoms with E-state index in [0.717, 1.165) is 28.8 Å². The molecule has 0 saturated carbocycles. The number of nitriles is 1. The summed E-state index contributed by atoms with van der Waals surface area (Å²) in [5.41, 5.74) is 7.72. The van der Waals surface area contributed by atoms with Gasteiger partial charge in [0.1, 0.15) is 0 Å². The van der Waals surface area contributed by atoms with Crippen molar-refractivity contribution in [3.8, 4) is 6.07 Å². The van der Waals surface area contributed by atoms with Gasteiger partial charge in [0.25, 0.3) is 0 Å². The lowest BCUT2D eigenvalue weighted by Crippen LogP contribution is -2.41. The van der Waals surface area contributed by atoms with Gasteiger partial charge in [-0.1, -0.05) is 12.1 Å². The molecule has 2 N–H and O–H groups in total. The number of hydrogen-bond acceptors (Lipinski definition) is 4. The van der Waals surface area contributed by atoms with Gasteiger partial charge < -0.3 is 10.5 Å². The zero-order valence-corrected chi connectivity index (χ0v) is 11.0. The van der Waals surface area contributed by atoms with E-state index in [1.54, 1.807) is 0 Å². The number of nitrogen functional groups attached to an aromatic ring is 1. The molecule has 1 unspecified atom stereocenters. The molecule has 90 valence electrons. The van der Waals surface area contributed by atoms with Crippen LogP contribution in [0, 0.1) is 11.3 Å². The van der Waals surface area contributed by atoms with E-state index in [0.29, 0.717) is 13.2 Å². The zero-order chi connectivity index (χ0) is 12.3. The maximum atomic E-state index is 8.84. The van der Waals surface area contributed by atoms with Crippen molar-refractivity contribution >= 4 is 21.6 Å². The van der Waals surface area contributed by atoms with Crippen molar-refractivity contribution in [2.24, 2.45) is 0 Å². The Bertz CT molecular complexity index is 444. The van der Waals surface area contributed by atoms with Crippen LogP contribution in [0.2, 0.25) is 0 Å². The summed E-state index contributed by atoms with van der Waals surface area (Å²) in [5.74, 6) is 0. The van der Waals surface area contributed by atoms with Crippen molar-refractivity contribution in [3.63, 3.8) is 0 Å². The molecule has 0 radical (unpaired) electrons. The average molecular weight is 296 g/mol. The molecule has 0 amide bonds. The van der Waals surface area contributed by atoms with Crippen molar-refractivity contribution in [1.29, 1.82) is 5.26 Å². The molecular weight excluding hydrogens is 282 g/mol. The summed E-state index contributed by atoms with van der Waals surface area (Å²) in [6.45, 7) is 2.89. The molecule has 1 aliphatic heterocycles. The third-order valence-electron chi connectivity index (χ3n) is 2.80. The molecule has 1 aromatic carbocycles. The standard InChI is InChI=1S/C12H14BrN3O/c13-12-9(2-1-3-11(12)15)7-16-4-5-17-10(6-14)8-16/h1-3,10H,4-5,7-8,15H2. The van der Waals surface area contributed by atoms with E-state index in [2.05, 4.69) is 26.9 Å². The van der Waals surface area contributed by atoms with Gasteiger partial charge in [0.05, 0.1) is 12.7 Å². The second-order valence-corrected chi connectivity index (χ2v) is 4.84. The molecule has 0 aliphatic carbocycles. The number of halogens is 1. The van der Waals surface area contributed by atoms with E-state index in [9.17, 15) is 0 Å². The summed E-state index contributed by atoms with van der Waals surface area (Å²) in [7, 11) is 0. The fourth-order valence-electron chi connectivity index (χ4n) is 1.89. The van der Waals surface area contributed by atoms with Gasteiger partial charge in [-0.3, -0.25) is 4.90 Å². The van der Waals surface area contributed by atoms with Gasteiger partial charge in [-0.15, -0.1) is 0 Å². The Kier molecular flexibility index (Phi) is 4.00. The number of nitrogens with zero attached hydrogens (tertiary/aromatic N) is 2. The van der Waals surface area contributed by atoms with Gasteiger partial charge in [-0.2, -0.15) is 5.26 Å². The number of ether oxygens (including phenoxy) is 1. The Morgan fingerprint density at radius 1 is 1.59 bits per heavy atom. The second kappa shape index (κ2) is 5.50. The molecule has 1 aliphatic rings. The highest BCUT2D eigenvalue weighted by Crippen LogP contribution is 2.25. The van der Waals surface area contributed by atoms with Crippen LogP contribution >= 0.6 is 15.9 Å². The quantitative estimate of drug-likeness (QED) is 0.845. The van der Waals surface area contributed by atoms with Gasteiger partial charge in [-0.25, -0.2) is 0 Å². The fourth-order valence-corrected chi connectivity index (χ4v) is 2.28. The summed E-state index contributed by atoms with van der Waals surface area (Å²) >= 11 is 3.49. The highest BCUT2D eigenvalue weighted by Gasteiger charge is 2.20. The lowest BCUT2D eigenvalue weighted by Gasteiger charge is -2.30. The molecule has 1 fully saturated rings. The maximum Gasteiger partial charge on any atom is 0.156 e. The maximum absolute atomic E-state index is 8.84. The van der Waals surface area contributed by atoms with Crippen molar-refractivity contribution in [3.05, 3.63) is 28.2 Å². The van der Waals surface area contributed by atoms with Crippen LogP contribution in [0.3, 0.4) is 0 Å². The van der Waals surface area contributed by atoms with Crippen molar-refractivity contribution in [2.75, 3.05) is 25.4 Å². The minimum atomic E-state index is -0.316. The third kappa shape index (κ3) is 2.97. The molecule has 1 heterocycles. The second-order valence-electron chi connectivity index (χ2n) is 4.04. The molecule has 17 heavy (non-hydrogen) atoms. The third-order valence-corrected chi connectivity index (χ3v) is 3.76. The molecule has 0 aromatic heterocycles. The number of hydrogen-bond donors (Lipinski definition) is 1. The minimum Gasteiger partial charge on any atom is -0.398 e. The Labute approximate surface area is 109 Å². The molecule has 1 saturated heterocycles. The molecule has 1 atom stereocenters. The summed E-state index contributed by atoms with van der Waals surface area (Å²) in [6.07, 6.45) is -0.316. The molecule has 0 bridgehead atoms. The molecular formula is C12H14BrN3O. The van der Waals surface area contributed by atoms with E-state index in [1.165, 1.54) is 0 Å². The highest BCUT2D eigenvalue weighted by atomic mass is 79.9. The summed E-state index contributed by atoms with van der Waals surface area (Å²) in [4.78, 5) is 2.21. The molecule has 5 heteroatoms. The average Bonchev–Trinajstić information content (AvgIpc) is 2.35. The molecule has 0 spiro atoms. The molecule has 4 nitrogen and oxygen atoms in total. The van der Waals surface area contributed by atoms with E-state index >= 15 is 0 Å². The summed E-state index contributed by atoms with van der Waals surface area (Å²) < 4.78 is 6.25. The highest BCUT2D eigenvalue weighted by molar-refractivity contribution is 9.10. The van der Waals surface area contributed by atoms with Crippen LogP contribution in [0.5, 0.6) is 0 Å². The predicted octanol–water partition coefficient (Wildman–Crippen LogP) is 1.76. The number of morpholine rings is 1. The largest absolute Gasteiger partial charge is 0.398 e. The fraction of sp³-hybridized carbons (Fsp3) is 0.417. The Balaban J connectivity index is 2.06. The van der Waals surface area contributed by atoms with E-state index in [1.807, 2.05) is 18.2 Å². The first-order valence-electron chi connectivity index (χ1n) is 5.47. The van der Waals surface area contributed by atoms with Crippen LogP contribution in [-0.2, 0) is 11.3 Å². The lowest BCUT2D eigenvalue weighted by molar-refractivity contribution is -0.00275. The SMILES string of the molecule is N#CC1CN(Cc2cccc(N)c2Br)CCO1. The first-order valence-corrected chi connectivity index (χ1v) is 6.26. The van der Waals surface area contributed by atoms with Gasteiger partial charge in [0, 0.05) is 29.8 Å². The van der Waals surface area contributed by atoms with E-state index in [-0.39, 0.29) is 6.10 Å². The van der Waals surface area contributed by atoms with Gasteiger partial charge in [0.15, 0.2) is 6.10 Å². The lowest BCUT2D eigenvalue weighted by atomic mass is 10.1. The van der Waals surface area contributed by atoms with E-state index < -0.39 is 0 Å². The van der Waals surface area contributed by atoms with Gasteiger partial charge >= 0.3 is 0 Å². The van der Waals surface area contributed by atoms with Crippen LogP contribution in [0.1, 0.15) is 5.56 Å². The smallest absolute Gasteiger partial charge is 0.156 e. The minimum absolute atomic E-state index is 0.316. The number of nitrogens with two attached hydrogens (primary N) is 1. The number of benzene rings is 1. The monoisotopic (exact) mass is 295 g/mol. The predicted molar refractivity (Wildman–Crippen MR) is 69.2 cm³/mol. The zero-order valence-electron chi connectivity index (χ0n) is 9.40. The van der Waals surface area contributed by atoms with Gasteiger partial charge in [-0.05, 0) is 27.6 Å². The van der Waals surface area contributed by atoms with Crippen molar-refractivity contribution < 1.29 is 4.74 Å². The van der Waals surface area contributed by atoms with E-state index in [4.69, 9.17) is 15.7 Å². The Morgan fingerprint density at radius 2 is 2.41 bits per heavy atom. The van der Waals surface area contributed by atoms with Crippen molar-refractivity contribution in [2.45, 2.75) is 12.6 Å². The number of anilines is 1. The van der Waals surface area contributed by atoms with Gasteiger partial charge in [0.2, 0.25) is 0 Å². The first-order chi connectivity index (χ1) is 8.20. The van der Waals surface area contributed by atoms with Crippen molar-refractivity contribution in [1.82, 2.24) is 4.90 Å². The van der Waals surface area contributed by atoms with Crippen LogP contribution in [0.15, 0.2) is 22.7 Å². The van der Waals surface area contributed by atoms with Crippen LogP contribution in [0.25, 0.3) is 0 Å². The Morgan fingerprint density at radius 3 is 3.18 bits per heavy atom. The molecule has 1 aromatic rings. The van der Waals surface area contributed by atoms with Crippen LogP contribution in [0.4, 0.5) is 5.69 Å². The molecule has 2 rings (SSSR count). The topological polar surface area (TPSA) is 62.3 Å². The van der Waals surface area contributed by atoms with Crippen LogP contribution in [-0.4, -0.2) is 30.7 Å².